The standard InChI is InChI=1S/C18H27N3O4.HI/c1-4-8-21(9-11-24-12-10-21)14-17(22)19-15-6-5-7-16(13-15)25-18(23)20(2)3;/h5-7,13H,4,8-12,14H2,1-3H3;1H. The van der Waals surface area contributed by atoms with E-state index in [9.17, 15) is 9.59 Å². The largest absolute Gasteiger partial charge is 1.00 e. The van der Waals surface area contributed by atoms with E-state index in [-0.39, 0.29) is 29.9 Å². The first-order valence-electron chi connectivity index (χ1n) is 8.66. The normalized spacial score (nSPS) is 15.5. The SMILES string of the molecule is CCC[N+]1(CC(=O)Nc2cccc(OC(=O)N(C)C)c2)CCOCC1.[I-]. The Balaban J connectivity index is 0.00000338. The molecule has 7 nitrogen and oxygen atoms in total. The van der Waals surface area contributed by atoms with Gasteiger partial charge in [0.05, 0.1) is 19.8 Å². The molecule has 2 rings (SSSR count). The maximum Gasteiger partial charge on any atom is 0.414 e. The Labute approximate surface area is 172 Å². The molecule has 0 radical (unpaired) electrons. The molecule has 1 aromatic rings. The zero-order valence-electron chi connectivity index (χ0n) is 15.7. The maximum atomic E-state index is 12.5. The van der Waals surface area contributed by atoms with Crippen LogP contribution in [0.2, 0.25) is 0 Å². The van der Waals surface area contributed by atoms with E-state index in [2.05, 4.69) is 12.2 Å². The summed E-state index contributed by atoms with van der Waals surface area (Å²) in [5.41, 5.74) is 0.622. The number of quaternary nitrogens is 1. The molecular weight excluding hydrogens is 449 g/mol. The van der Waals surface area contributed by atoms with Gasteiger partial charge in [0.1, 0.15) is 18.8 Å². The fraction of sp³-hybridized carbons (Fsp3) is 0.556. The van der Waals surface area contributed by atoms with Gasteiger partial charge in [-0.25, -0.2) is 4.79 Å². The van der Waals surface area contributed by atoms with E-state index in [4.69, 9.17) is 9.47 Å². The van der Waals surface area contributed by atoms with Gasteiger partial charge in [-0.2, -0.15) is 0 Å². The van der Waals surface area contributed by atoms with E-state index in [1.807, 2.05) is 0 Å². The molecule has 8 heteroatoms. The van der Waals surface area contributed by atoms with Gasteiger partial charge in [0.15, 0.2) is 6.54 Å². The zero-order chi connectivity index (χ0) is 18.3. The van der Waals surface area contributed by atoms with Gasteiger partial charge in [-0.05, 0) is 18.6 Å². The molecule has 0 bridgehead atoms. The van der Waals surface area contributed by atoms with Crippen LogP contribution >= 0.6 is 0 Å². The Morgan fingerprint density at radius 1 is 1.27 bits per heavy atom. The smallest absolute Gasteiger partial charge is 0.414 e. The Hall–Kier alpha value is -1.39. The van der Waals surface area contributed by atoms with Crippen molar-refractivity contribution in [1.29, 1.82) is 0 Å². The van der Waals surface area contributed by atoms with E-state index >= 15 is 0 Å². The lowest BCUT2D eigenvalue weighted by Crippen LogP contribution is -3.00. The summed E-state index contributed by atoms with van der Waals surface area (Å²) in [7, 11) is 3.24. The van der Waals surface area contributed by atoms with Crippen molar-refractivity contribution in [2.24, 2.45) is 0 Å². The quantitative estimate of drug-likeness (QED) is 0.420. The van der Waals surface area contributed by atoms with Crippen molar-refractivity contribution in [1.82, 2.24) is 4.90 Å². The first-order valence-corrected chi connectivity index (χ1v) is 8.66. The van der Waals surface area contributed by atoms with E-state index in [0.717, 1.165) is 30.5 Å². The van der Waals surface area contributed by atoms with Crippen molar-refractivity contribution < 1.29 is 47.5 Å². The second-order valence-corrected chi connectivity index (χ2v) is 6.62. The summed E-state index contributed by atoms with van der Waals surface area (Å²) in [5, 5.41) is 2.91. The maximum absolute atomic E-state index is 12.5. The summed E-state index contributed by atoms with van der Waals surface area (Å²) >= 11 is 0. The number of ether oxygens (including phenoxy) is 2. The Morgan fingerprint density at radius 2 is 1.96 bits per heavy atom. The predicted octanol–water partition coefficient (Wildman–Crippen LogP) is -1.05. The number of carbonyl (C=O) groups excluding carboxylic acids is 2. The number of carbonyl (C=O) groups is 2. The summed E-state index contributed by atoms with van der Waals surface area (Å²) in [6.07, 6.45) is 0.577. The monoisotopic (exact) mass is 477 g/mol. The summed E-state index contributed by atoms with van der Waals surface area (Å²) in [4.78, 5) is 25.5. The molecule has 1 heterocycles. The van der Waals surface area contributed by atoms with Gasteiger partial charge in [0.25, 0.3) is 5.91 Å². The van der Waals surface area contributed by atoms with Crippen LogP contribution in [0.1, 0.15) is 13.3 Å². The van der Waals surface area contributed by atoms with E-state index in [1.165, 1.54) is 4.90 Å². The average Bonchev–Trinajstić information content (AvgIpc) is 2.55. The lowest BCUT2D eigenvalue weighted by molar-refractivity contribution is -0.927. The minimum absolute atomic E-state index is 0. The topological polar surface area (TPSA) is 67.9 Å². The minimum Gasteiger partial charge on any atom is -1.00 e. The Bertz CT molecular complexity index is 598. The number of amides is 2. The average molecular weight is 477 g/mol. The van der Waals surface area contributed by atoms with Crippen molar-refractivity contribution in [2.45, 2.75) is 13.3 Å². The molecule has 1 aromatic carbocycles. The number of rotatable bonds is 6. The van der Waals surface area contributed by atoms with Crippen LogP contribution in [0.5, 0.6) is 5.75 Å². The van der Waals surface area contributed by atoms with Gasteiger partial charge < -0.3 is 48.2 Å². The molecule has 1 saturated heterocycles. The number of nitrogens with zero attached hydrogens (tertiary/aromatic N) is 2. The lowest BCUT2D eigenvalue weighted by Gasteiger charge is -2.40. The molecule has 2 amide bonds. The van der Waals surface area contributed by atoms with Crippen molar-refractivity contribution in [3.8, 4) is 5.75 Å². The summed E-state index contributed by atoms with van der Waals surface area (Å²) in [6, 6.07) is 6.88. The highest BCUT2D eigenvalue weighted by Crippen LogP contribution is 2.19. The number of halogens is 1. The summed E-state index contributed by atoms with van der Waals surface area (Å²) in [6.45, 7) is 6.65. The van der Waals surface area contributed by atoms with Gasteiger partial charge in [0.2, 0.25) is 0 Å². The Kier molecular flexibility index (Phi) is 9.31. The summed E-state index contributed by atoms with van der Waals surface area (Å²) < 4.78 is 11.4. The highest BCUT2D eigenvalue weighted by molar-refractivity contribution is 5.91. The van der Waals surface area contributed by atoms with Crippen LogP contribution in [0.25, 0.3) is 0 Å². The van der Waals surface area contributed by atoms with Crippen LogP contribution in [0.4, 0.5) is 10.5 Å². The van der Waals surface area contributed by atoms with E-state index in [1.54, 1.807) is 38.4 Å². The molecular formula is C18H28IN3O4. The van der Waals surface area contributed by atoms with E-state index in [0.29, 0.717) is 31.2 Å². The number of hydrogen-bond acceptors (Lipinski definition) is 4. The molecule has 0 spiro atoms. The van der Waals surface area contributed by atoms with Crippen molar-refractivity contribution in [3.05, 3.63) is 24.3 Å². The van der Waals surface area contributed by atoms with Gasteiger partial charge in [-0.15, -0.1) is 0 Å². The molecule has 1 fully saturated rings. The molecule has 0 unspecified atom stereocenters. The first kappa shape index (κ1) is 22.7. The second-order valence-electron chi connectivity index (χ2n) is 6.62. The van der Waals surface area contributed by atoms with Crippen molar-refractivity contribution >= 4 is 17.7 Å². The third-order valence-corrected chi connectivity index (χ3v) is 4.29. The van der Waals surface area contributed by atoms with E-state index < -0.39 is 6.09 Å². The van der Waals surface area contributed by atoms with Gasteiger partial charge >= 0.3 is 6.09 Å². The van der Waals surface area contributed by atoms with Crippen molar-refractivity contribution in [2.75, 3.05) is 58.8 Å². The number of morpholine rings is 1. The lowest BCUT2D eigenvalue weighted by atomic mass is 10.2. The summed E-state index contributed by atoms with van der Waals surface area (Å²) in [5.74, 6) is 0.367. The predicted molar refractivity (Wildman–Crippen MR) is 95.6 cm³/mol. The fourth-order valence-corrected chi connectivity index (χ4v) is 3.00. The molecule has 146 valence electrons. The molecule has 0 saturated carbocycles. The zero-order valence-corrected chi connectivity index (χ0v) is 17.8. The number of hydrogen-bond donors (Lipinski definition) is 1. The molecule has 0 aromatic heterocycles. The Morgan fingerprint density at radius 3 is 2.58 bits per heavy atom. The van der Waals surface area contributed by atoms with Crippen LogP contribution in [0.3, 0.4) is 0 Å². The van der Waals surface area contributed by atoms with Crippen LogP contribution < -0.4 is 34.0 Å². The van der Waals surface area contributed by atoms with Crippen LogP contribution in [0.15, 0.2) is 24.3 Å². The van der Waals surface area contributed by atoms with Gasteiger partial charge in [-0.1, -0.05) is 13.0 Å². The third-order valence-electron chi connectivity index (χ3n) is 4.29. The first-order chi connectivity index (χ1) is 11.9. The highest BCUT2D eigenvalue weighted by Gasteiger charge is 2.32. The van der Waals surface area contributed by atoms with Gasteiger partial charge in [-0.3, -0.25) is 4.79 Å². The molecule has 1 aliphatic heterocycles. The van der Waals surface area contributed by atoms with Crippen LogP contribution in [-0.2, 0) is 9.53 Å². The molecule has 0 aliphatic carbocycles. The fourth-order valence-electron chi connectivity index (χ4n) is 3.00. The number of benzene rings is 1. The van der Waals surface area contributed by atoms with Gasteiger partial charge in [0, 0.05) is 25.8 Å². The number of nitrogens with one attached hydrogen (secondary N) is 1. The third kappa shape index (κ3) is 6.73. The minimum atomic E-state index is -0.454. The molecule has 1 N–H and O–H groups in total. The molecule has 26 heavy (non-hydrogen) atoms. The number of anilines is 1. The molecule has 1 aliphatic rings. The van der Waals surface area contributed by atoms with Crippen LogP contribution in [0, 0.1) is 0 Å². The molecule has 0 atom stereocenters. The van der Waals surface area contributed by atoms with Crippen molar-refractivity contribution in [3.63, 3.8) is 0 Å². The second kappa shape index (κ2) is 10.7. The highest BCUT2D eigenvalue weighted by atomic mass is 127. The van der Waals surface area contributed by atoms with Crippen LogP contribution in [-0.4, -0.2) is 74.9 Å².